The van der Waals surface area contributed by atoms with Crippen LogP contribution in [0.2, 0.25) is 0 Å². The largest absolute Gasteiger partial charge is 0.382 e. The van der Waals surface area contributed by atoms with Gasteiger partial charge in [-0.25, -0.2) is 0 Å². The summed E-state index contributed by atoms with van der Waals surface area (Å²) in [5.74, 6) is 1.84. The average molecular weight is 353 g/mol. The van der Waals surface area contributed by atoms with Gasteiger partial charge in [-0.2, -0.15) is 0 Å². The Balaban J connectivity index is 1.67. The molecule has 1 saturated heterocycles. The molecule has 1 aliphatic carbocycles. The van der Waals surface area contributed by atoms with Gasteiger partial charge >= 0.3 is 0 Å². The lowest BCUT2D eigenvalue weighted by atomic mass is 9.83. The van der Waals surface area contributed by atoms with E-state index in [1.807, 2.05) is 7.05 Å². The van der Waals surface area contributed by atoms with E-state index in [1.165, 1.54) is 64.5 Å². The second-order valence-electron chi connectivity index (χ2n) is 8.04. The maximum Gasteiger partial charge on any atom is 0.190 e. The van der Waals surface area contributed by atoms with Gasteiger partial charge in [-0.1, -0.05) is 12.8 Å². The van der Waals surface area contributed by atoms with Crippen molar-refractivity contribution < 1.29 is 4.74 Å². The Labute approximate surface area is 155 Å². The molecule has 2 N–H and O–H groups in total. The van der Waals surface area contributed by atoms with Crippen LogP contribution in [0.5, 0.6) is 0 Å². The Kier molecular flexibility index (Phi) is 9.04. The zero-order valence-corrected chi connectivity index (χ0v) is 16.8. The Morgan fingerprint density at radius 3 is 2.56 bits per heavy atom. The van der Waals surface area contributed by atoms with Crippen LogP contribution in [0.4, 0.5) is 0 Å². The van der Waals surface area contributed by atoms with Crippen molar-refractivity contribution in [2.45, 2.75) is 58.3 Å². The number of nitrogens with zero attached hydrogens (tertiary/aromatic N) is 2. The molecule has 2 rings (SSSR count). The van der Waals surface area contributed by atoms with Crippen LogP contribution in [-0.4, -0.2) is 64.3 Å². The maximum atomic E-state index is 5.62. The molecule has 146 valence electrons. The van der Waals surface area contributed by atoms with Crippen LogP contribution in [0.3, 0.4) is 0 Å². The Bertz CT molecular complexity index is 385. The van der Waals surface area contributed by atoms with Crippen LogP contribution in [-0.2, 0) is 4.74 Å². The highest BCUT2D eigenvalue weighted by molar-refractivity contribution is 5.79. The van der Waals surface area contributed by atoms with Crippen LogP contribution < -0.4 is 10.6 Å². The second kappa shape index (κ2) is 11.0. The quantitative estimate of drug-likeness (QED) is 0.381. The van der Waals surface area contributed by atoms with Crippen LogP contribution in [0, 0.1) is 11.3 Å². The van der Waals surface area contributed by atoms with E-state index in [2.05, 4.69) is 34.5 Å². The number of rotatable bonds is 9. The van der Waals surface area contributed by atoms with Crippen molar-refractivity contribution in [1.29, 1.82) is 0 Å². The predicted molar refractivity (Wildman–Crippen MR) is 106 cm³/mol. The van der Waals surface area contributed by atoms with Gasteiger partial charge in [-0.3, -0.25) is 4.99 Å². The number of likely N-dealkylation sites (tertiary alicyclic amines) is 1. The number of piperidine rings is 1. The highest BCUT2D eigenvalue weighted by atomic mass is 16.5. The molecule has 0 aromatic heterocycles. The molecule has 0 unspecified atom stereocenters. The fourth-order valence-electron chi connectivity index (χ4n) is 4.31. The monoisotopic (exact) mass is 352 g/mol. The third kappa shape index (κ3) is 7.14. The van der Waals surface area contributed by atoms with Crippen molar-refractivity contribution in [3.8, 4) is 0 Å². The van der Waals surface area contributed by atoms with Crippen LogP contribution in [0.25, 0.3) is 0 Å². The fourth-order valence-corrected chi connectivity index (χ4v) is 4.31. The van der Waals surface area contributed by atoms with Crippen molar-refractivity contribution in [3.05, 3.63) is 0 Å². The molecule has 2 fully saturated rings. The van der Waals surface area contributed by atoms with E-state index in [0.717, 1.165) is 38.2 Å². The maximum absolute atomic E-state index is 5.62. The number of aliphatic imine (C=N–C) groups is 1. The minimum absolute atomic E-state index is 0.404. The standard InChI is InChI=1S/C20H40N4O/c1-4-25-16-12-20(10-5-6-11-20)17-23-19(21-2)22-13-7-18-8-14-24(3)15-9-18/h18H,4-17H2,1-3H3,(H2,21,22,23). The van der Waals surface area contributed by atoms with Crippen LogP contribution >= 0.6 is 0 Å². The number of guanidine groups is 1. The lowest BCUT2D eigenvalue weighted by Crippen LogP contribution is -2.44. The highest BCUT2D eigenvalue weighted by Crippen LogP contribution is 2.40. The molecule has 5 heteroatoms. The lowest BCUT2D eigenvalue weighted by Gasteiger charge is -2.31. The summed E-state index contributed by atoms with van der Waals surface area (Å²) in [6.45, 7) is 8.34. The molecule has 1 aliphatic heterocycles. The third-order valence-corrected chi connectivity index (χ3v) is 6.18. The highest BCUT2D eigenvalue weighted by Gasteiger charge is 2.33. The molecular formula is C20H40N4O. The van der Waals surface area contributed by atoms with Gasteiger partial charge in [0.15, 0.2) is 5.96 Å². The number of ether oxygens (including phenoxy) is 1. The van der Waals surface area contributed by atoms with Gasteiger partial charge in [0.2, 0.25) is 0 Å². The summed E-state index contributed by atoms with van der Waals surface area (Å²) in [5, 5.41) is 7.13. The first-order chi connectivity index (χ1) is 12.2. The van der Waals surface area contributed by atoms with Crippen LogP contribution in [0.1, 0.15) is 58.3 Å². The minimum Gasteiger partial charge on any atom is -0.382 e. The van der Waals surface area contributed by atoms with E-state index in [4.69, 9.17) is 4.74 Å². The molecule has 0 aromatic carbocycles. The summed E-state index contributed by atoms with van der Waals surface area (Å²) < 4.78 is 5.62. The number of nitrogens with one attached hydrogen (secondary N) is 2. The Morgan fingerprint density at radius 1 is 1.20 bits per heavy atom. The van der Waals surface area contributed by atoms with Crippen molar-refractivity contribution in [1.82, 2.24) is 15.5 Å². The zero-order valence-electron chi connectivity index (χ0n) is 16.8. The van der Waals surface area contributed by atoms with Gasteiger partial charge in [0.1, 0.15) is 0 Å². The Hall–Kier alpha value is -0.810. The lowest BCUT2D eigenvalue weighted by molar-refractivity contribution is 0.105. The summed E-state index contributed by atoms with van der Waals surface area (Å²) in [5.41, 5.74) is 0.404. The first kappa shape index (κ1) is 20.5. The van der Waals surface area contributed by atoms with Gasteiger partial charge in [-0.15, -0.1) is 0 Å². The molecule has 0 amide bonds. The predicted octanol–water partition coefficient (Wildman–Crippen LogP) is 2.87. The van der Waals surface area contributed by atoms with Gasteiger partial charge in [0.25, 0.3) is 0 Å². The normalized spacial score (nSPS) is 22.3. The zero-order chi connectivity index (χ0) is 18.0. The minimum atomic E-state index is 0.404. The van der Waals surface area contributed by atoms with Gasteiger partial charge in [0, 0.05) is 33.4 Å². The van der Waals surface area contributed by atoms with Crippen molar-refractivity contribution in [2.75, 3.05) is 53.5 Å². The van der Waals surface area contributed by atoms with E-state index in [1.54, 1.807) is 0 Å². The molecule has 0 bridgehead atoms. The summed E-state index contributed by atoms with van der Waals surface area (Å²) in [7, 11) is 4.11. The average Bonchev–Trinajstić information content (AvgIpc) is 3.09. The molecule has 0 radical (unpaired) electrons. The third-order valence-electron chi connectivity index (χ3n) is 6.18. The van der Waals surface area contributed by atoms with E-state index in [-0.39, 0.29) is 0 Å². The summed E-state index contributed by atoms with van der Waals surface area (Å²) in [6.07, 6.45) is 10.4. The van der Waals surface area contributed by atoms with Crippen molar-refractivity contribution in [3.63, 3.8) is 0 Å². The first-order valence-corrected chi connectivity index (χ1v) is 10.4. The molecular weight excluding hydrogens is 312 g/mol. The molecule has 25 heavy (non-hydrogen) atoms. The second-order valence-corrected chi connectivity index (χ2v) is 8.04. The summed E-state index contributed by atoms with van der Waals surface area (Å²) in [6, 6.07) is 0. The molecule has 0 atom stereocenters. The first-order valence-electron chi connectivity index (χ1n) is 10.4. The molecule has 2 aliphatic rings. The van der Waals surface area contributed by atoms with Gasteiger partial charge in [0.05, 0.1) is 0 Å². The molecule has 1 saturated carbocycles. The van der Waals surface area contributed by atoms with Crippen LogP contribution in [0.15, 0.2) is 4.99 Å². The summed E-state index contributed by atoms with van der Waals surface area (Å²) >= 11 is 0. The van der Waals surface area contributed by atoms with E-state index < -0.39 is 0 Å². The summed E-state index contributed by atoms with van der Waals surface area (Å²) in [4.78, 5) is 6.86. The molecule has 0 spiro atoms. The van der Waals surface area contributed by atoms with Gasteiger partial charge in [-0.05, 0) is 76.9 Å². The van der Waals surface area contributed by atoms with Gasteiger partial charge < -0.3 is 20.3 Å². The topological polar surface area (TPSA) is 48.9 Å². The molecule has 5 nitrogen and oxygen atoms in total. The van der Waals surface area contributed by atoms with E-state index in [9.17, 15) is 0 Å². The van der Waals surface area contributed by atoms with Crippen molar-refractivity contribution >= 4 is 5.96 Å². The number of hydrogen-bond acceptors (Lipinski definition) is 3. The molecule has 0 aromatic rings. The molecule has 1 heterocycles. The SMILES string of the molecule is CCOCCC1(CNC(=NC)NCCC2CCN(C)CC2)CCCC1. The van der Waals surface area contributed by atoms with Crippen molar-refractivity contribution in [2.24, 2.45) is 16.3 Å². The smallest absolute Gasteiger partial charge is 0.190 e. The van der Waals surface area contributed by atoms with E-state index >= 15 is 0 Å². The Morgan fingerprint density at radius 2 is 1.92 bits per heavy atom. The number of hydrogen-bond donors (Lipinski definition) is 2. The fraction of sp³-hybridized carbons (Fsp3) is 0.950. The van der Waals surface area contributed by atoms with E-state index in [0.29, 0.717) is 5.41 Å².